The van der Waals surface area contributed by atoms with E-state index in [0.29, 0.717) is 19.4 Å². The van der Waals surface area contributed by atoms with Gasteiger partial charge in [-0.3, -0.25) is 9.59 Å². The fourth-order valence-corrected chi connectivity index (χ4v) is 4.32. The molecule has 2 amide bonds. The second-order valence-electron chi connectivity index (χ2n) is 8.56. The Balaban J connectivity index is 1.65. The first-order valence-electron chi connectivity index (χ1n) is 10.7. The van der Waals surface area contributed by atoms with Gasteiger partial charge in [-0.25, -0.2) is 4.98 Å². The van der Waals surface area contributed by atoms with E-state index in [4.69, 9.17) is 0 Å². The molecule has 158 valence electrons. The lowest BCUT2D eigenvalue weighted by molar-refractivity contribution is -0.134. The van der Waals surface area contributed by atoms with E-state index in [-0.39, 0.29) is 23.3 Å². The number of carbonyl (C=O) groups excluding carboxylic acids is 2. The van der Waals surface area contributed by atoms with Crippen LogP contribution in [0.15, 0.2) is 36.7 Å². The van der Waals surface area contributed by atoms with Crippen LogP contribution >= 0.6 is 0 Å². The van der Waals surface area contributed by atoms with Crippen molar-refractivity contribution in [3.8, 4) is 0 Å². The molecule has 1 aliphatic carbocycles. The summed E-state index contributed by atoms with van der Waals surface area (Å²) >= 11 is 0. The van der Waals surface area contributed by atoms with Crippen LogP contribution in [0.1, 0.15) is 58.2 Å². The highest BCUT2D eigenvalue weighted by Crippen LogP contribution is 2.57. The van der Waals surface area contributed by atoms with Crippen molar-refractivity contribution in [2.45, 2.75) is 65.0 Å². The standard InChI is InChI=1S/C23H34N4O2/c1-5-7-8-21(28)27(17-20-24-11-14-25(20)4)19-16-23(19)9-12-26(13-10-23)22(29)15-18(3)6-2/h5,11,14-15,19H,1,6-10,12-13,16-17H2,2-4H3/b18-15-. The quantitative estimate of drug-likeness (QED) is 0.498. The summed E-state index contributed by atoms with van der Waals surface area (Å²) < 4.78 is 1.98. The number of imidazole rings is 1. The third-order valence-electron chi connectivity index (χ3n) is 6.64. The summed E-state index contributed by atoms with van der Waals surface area (Å²) in [5.41, 5.74) is 1.28. The second kappa shape index (κ2) is 8.97. The monoisotopic (exact) mass is 398 g/mol. The number of likely N-dealkylation sites (tertiary alicyclic amines) is 1. The molecule has 1 spiro atoms. The highest BCUT2D eigenvalue weighted by molar-refractivity contribution is 5.88. The molecular weight excluding hydrogens is 364 g/mol. The molecule has 0 aromatic carbocycles. The lowest BCUT2D eigenvalue weighted by atomic mass is 9.92. The number of allylic oxidation sites excluding steroid dienone is 2. The van der Waals surface area contributed by atoms with Gasteiger partial charge < -0.3 is 14.4 Å². The molecule has 3 rings (SSSR count). The van der Waals surface area contributed by atoms with Crippen molar-refractivity contribution in [1.82, 2.24) is 19.4 Å². The van der Waals surface area contributed by atoms with Gasteiger partial charge in [-0.2, -0.15) is 0 Å². The van der Waals surface area contributed by atoms with Gasteiger partial charge in [-0.05, 0) is 44.4 Å². The minimum Gasteiger partial charge on any atom is -0.339 e. The summed E-state index contributed by atoms with van der Waals surface area (Å²) in [6, 6.07) is 0.252. The molecule has 1 unspecified atom stereocenters. The van der Waals surface area contributed by atoms with Gasteiger partial charge in [0, 0.05) is 51.1 Å². The molecule has 1 saturated carbocycles. The van der Waals surface area contributed by atoms with Crippen molar-refractivity contribution >= 4 is 11.8 Å². The fraction of sp³-hybridized carbons (Fsp3) is 0.609. The molecule has 1 aromatic heterocycles. The molecular formula is C23H34N4O2. The number of aryl methyl sites for hydroxylation is 1. The maximum Gasteiger partial charge on any atom is 0.246 e. The van der Waals surface area contributed by atoms with Gasteiger partial charge in [0.1, 0.15) is 5.82 Å². The van der Waals surface area contributed by atoms with Crippen LogP contribution in [-0.2, 0) is 23.2 Å². The number of piperidine rings is 1. The van der Waals surface area contributed by atoms with E-state index in [1.54, 1.807) is 18.3 Å². The molecule has 6 nitrogen and oxygen atoms in total. The maximum atomic E-state index is 12.9. The number of hydrogen-bond acceptors (Lipinski definition) is 3. The van der Waals surface area contributed by atoms with E-state index >= 15 is 0 Å². The summed E-state index contributed by atoms with van der Waals surface area (Å²) in [4.78, 5) is 33.8. The largest absolute Gasteiger partial charge is 0.339 e. The molecule has 1 atom stereocenters. The van der Waals surface area contributed by atoms with E-state index in [1.807, 2.05) is 34.5 Å². The van der Waals surface area contributed by atoms with Crippen LogP contribution in [0, 0.1) is 5.41 Å². The van der Waals surface area contributed by atoms with Gasteiger partial charge in [0.05, 0.1) is 6.54 Å². The van der Waals surface area contributed by atoms with Crippen molar-refractivity contribution in [2.24, 2.45) is 12.5 Å². The van der Waals surface area contributed by atoms with Crippen molar-refractivity contribution in [3.63, 3.8) is 0 Å². The normalized spacial score (nSPS) is 20.6. The second-order valence-corrected chi connectivity index (χ2v) is 8.56. The zero-order valence-corrected chi connectivity index (χ0v) is 18.1. The molecule has 29 heavy (non-hydrogen) atoms. The Morgan fingerprint density at radius 3 is 2.69 bits per heavy atom. The van der Waals surface area contributed by atoms with Crippen LogP contribution in [0.3, 0.4) is 0 Å². The number of hydrogen-bond donors (Lipinski definition) is 0. The van der Waals surface area contributed by atoms with Crippen LogP contribution in [0.5, 0.6) is 0 Å². The highest BCUT2D eigenvalue weighted by Gasteiger charge is 2.58. The van der Waals surface area contributed by atoms with E-state index < -0.39 is 0 Å². The van der Waals surface area contributed by atoms with Crippen LogP contribution in [0.2, 0.25) is 0 Å². The van der Waals surface area contributed by atoms with Crippen LogP contribution in [0.25, 0.3) is 0 Å². The van der Waals surface area contributed by atoms with Gasteiger partial charge in [0.25, 0.3) is 0 Å². The van der Waals surface area contributed by atoms with Gasteiger partial charge in [-0.15, -0.1) is 6.58 Å². The zero-order chi connectivity index (χ0) is 21.0. The molecule has 0 radical (unpaired) electrons. The lowest BCUT2D eigenvalue weighted by Gasteiger charge is -2.34. The first kappa shape index (κ1) is 21.3. The van der Waals surface area contributed by atoms with Gasteiger partial charge >= 0.3 is 0 Å². The first-order valence-corrected chi connectivity index (χ1v) is 10.7. The minimum absolute atomic E-state index is 0.128. The smallest absolute Gasteiger partial charge is 0.246 e. The number of nitrogens with zero attached hydrogens (tertiary/aromatic N) is 4. The van der Waals surface area contributed by atoms with Crippen molar-refractivity contribution in [2.75, 3.05) is 13.1 Å². The third kappa shape index (κ3) is 4.80. The first-order chi connectivity index (χ1) is 13.9. The Hall–Kier alpha value is -2.37. The highest BCUT2D eigenvalue weighted by atomic mass is 16.2. The van der Waals surface area contributed by atoms with Crippen LogP contribution in [0.4, 0.5) is 0 Å². The number of carbonyl (C=O) groups is 2. The molecule has 2 aliphatic rings. The topological polar surface area (TPSA) is 58.4 Å². The summed E-state index contributed by atoms with van der Waals surface area (Å²) in [6.07, 6.45) is 12.3. The maximum absolute atomic E-state index is 12.9. The van der Waals surface area contributed by atoms with Crippen molar-refractivity contribution in [1.29, 1.82) is 0 Å². The van der Waals surface area contributed by atoms with E-state index in [9.17, 15) is 9.59 Å². The Kier molecular flexibility index (Phi) is 6.60. The average Bonchev–Trinajstić information content (AvgIpc) is 3.24. The summed E-state index contributed by atoms with van der Waals surface area (Å²) in [5, 5.41) is 0. The summed E-state index contributed by atoms with van der Waals surface area (Å²) in [7, 11) is 1.97. The van der Waals surface area contributed by atoms with Gasteiger partial charge in [0.2, 0.25) is 11.8 Å². The Morgan fingerprint density at radius 1 is 1.38 bits per heavy atom. The fourth-order valence-electron chi connectivity index (χ4n) is 4.32. The molecule has 0 N–H and O–H groups in total. The Labute approximate surface area is 174 Å². The van der Waals surface area contributed by atoms with Crippen molar-refractivity contribution in [3.05, 3.63) is 42.5 Å². The predicted octanol–water partition coefficient (Wildman–Crippen LogP) is 3.45. The number of aromatic nitrogens is 2. The predicted molar refractivity (Wildman–Crippen MR) is 114 cm³/mol. The lowest BCUT2D eigenvalue weighted by Crippen LogP contribution is -2.42. The summed E-state index contributed by atoms with van der Waals surface area (Å²) in [5.74, 6) is 1.21. The van der Waals surface area contributed by atoms with Crippen LogP contribution in [-0.4, -0.2) is 50.3 Å². The minimum atomic E-state index is 0.128. The molecule has 1 aliphatic heterocycles. The third-order valence-corrected chi connectivity index (χ3v) is 6.64. The molecule has 2 heterocycles. The van der Waals surface area contributed by atoms with E-state index in [1.165, 1.54) is 0 Å². The Morgan fingerprint density at radius 2 is 2.10 bits per heavy atom. The number of amides is 2. The van der Waals surface area contributed by atoms with E-state index in [2.05, 4.69) is 18.5 Å². The number of rotatable bonds is 8. The van der Waals surface area contributed by atoms with Crippen LogP contribution < -0.4 is 0 Å². The molecule has 1 aromatic rings. The summed E-state index contributed by atoms with van der Waals surface area (Å²) in [6.45, 7) is 9.92. The average molecular weight is 399 g/mol. The van der Waals surface area contributed by atoms with Crippen molar-refractivity contribution < 1.29 is 9.59 Å². The Bertz CT molecular complexity index is 787. The molecule has 2 fully saturated rings. The van der Waals surface area contributed by atoms with Gasteiger partial charge in [-0.1, -0.05) is 18.6 Å². The SMILES string of the molecule is C=CCCC(=O)N(Cc1nccn1C)C1CC12CCN(C(=O)/C=C(/C)CC)CC2. The molecule has 0 bridgehead atoms. The molecule has 6 heteroatoms. The zero-order valence-electron chi connectivity index (χ0n) is 18.1. The molecule has 1 saturated heterocycles. The van der Waals surface area contributed by atoms with E-state index in [0.717, 1.165) is 50.2 Å². The van der Waals surface area contributed by atoms with Gasteiger partial charge in [0.15, 0.2) is 0 Å².